The summed E-state index contributed by atoms with van der Waals surface area (Å²) in [4.78, 5) is 21.1. The van der Waals surface area contributed by atoms with E-state index in [1.54, 1.807) is 0 Å². The Bertz CT molecular complexity index is 1060. The van der Waals surface area contributed by atoms with Crippen molar-refractivity contribution in [1.29, 1.82) is 0 Å². The zero-order chi connectivity index (χ0) is 22.3. The SMILES string of the molecule is CCC(=O)Nc1cccc(CN2CCN(CCOc3cccc4nc(C)ccc34)CC2)c1. The van der Waals surface area contributed by atoms with Crippen LogP contribution >= 0.6 is 0 Å². The normalized spacial score (nSPS) is 15.1. The summed E-state index contributed by atoms with van der Waals surface area (Å²) in [5.41, 5.74) is 4.11. The van der Waals surface area contributed by atoms with E-state index >= 15 is 0 Å². The predicted octanol–water partition coefficient (Wildman–Crippen LogP) is 4.09. The number of benzene rings is 2. The lowest BCUT2D eigenvalue weighted by Gasteiger charge is -2.34. The molecule has 0 spiro atoms. The standard InChI is InChI=1S/C26H32N4O2/c1-3-26(31)28-22-7-4-6-21(18-22)19-30-14-12-29(13-15-30)16-17-32-25-9-5-8-24-23(25)11-10-20(2)27-24/h4-11,18H,3,12-17,19H2,1-2H3,(H,28,31). The first-order chi connectivity index (χ1) is 15.6. The molecule has 0 atom stereocenters. The van der Waals surface area contributed by atoms with E-state index in [1.807, 2.05) is 50.2 Å². The molecule has 0 radical (unpaired) electrons. The lowest BCUT2D eigenvalue weighted by Crippen LogP contribution is -2.47. The third kappa shape index (κ3) is 5.84. The van der Waals surface area contributed by atoms with Crippen LogP contribution in [0.3, 0.4) is 0 Å². The van der Waals surface area contributed by atoms with Crippen molar-refractivity contribution in [3.63, 3.8) is 0 Å². The fourth-order valence-electron chi connectivity index (χ4n) is 4.07. The van der Waals surface area contributed by atoms with Gasteiger partial charge in [-0.15, -0.1) is 0 Å². The average Bonchev–Trinajstić information content (AvgIpc) is 2.80. The molecule has 1 saturated heterocycles. The molecule has 4 rings (SSSR count). The number of pyridine rings is 1. The molecule has 1 aliphatic heterocycles. The molecule has 32 heavy (non-hydrogen) atoms. The van der Waals surface area contributed by atoms with Crippen LogP contribution in [0.5, 0.6) is 5.75 Å². The van der Waals surface area contributed by atoms with Crippen LogP contribution in [-0.4, -0.2) is 60.0 Å². The van der Waals surface area contributed by atoms with Crippen LogP contribution in [0.4, 0.5) is 5.69 Å². The van der Waals surface area contributed by atoms with E-state index in [4.69, 9.17) is 4.74 Å². The van der Waals surface area contributed by atoms with Crippen LogP contribution in [0.1, 0.15) is 24.6 Å². The smallest absolute Gasteiger partial charge is 0.224 e. The molecule has 0 saturated carbocycles. The molecule has 1 aromatic heterocycles. The molecule has 0 unspecified atom stereocenters. The van der Waals surface area contributed by atoms with Gasteiger partial charge in [-0.2, -0.15) is 0 Å². The first-order valence-corrected chi connectivity index (χ1v) is 11.4. The zero-order valence-electron chi connectivity index (χ0n) is 19.0. The van der Waals surface area contributed by atoms with Gasteiger partial charge in [-0.1, -0.05) is 25.1 Å². The van der Waals surface area contributed by atoms with Crippen LogP contribution in [0.2, 0.25) is 0 Å². The summed E-state index contributed by atoms with van der Waals surface area (Å²) in [6.07, 6.45) is 0.493. The number of amides is 1. The molecule has 0 bridgehead atoms. The Kier molecular flexibility index (Phi) is 7.35. The number of carbonyl (C=O) groups is 1. The van der Waals surface area contributed by atoms with Gasteiger partial charge in [-0.05, 0) is 48.9 Å². The summed E-state index contributed by atoms with van der Waals surface area (Å²) >= 11 is 0. The Hall–Kier alpha value is -2.96. The van der Waals surface area contributed by atoms with Crippen LogP contribution in [0.15, 0.2) is 54.6 Å². The van der Waals surface area contributed by atoms with Crippen LogP contribution in [-0.2, 0) is 11.3 Å². The number of hydrogen-bond acceptors (Lipinski definition) is 5. The monoisotopic (exact) mass is 432 g/mol. The molecule has 168 valence electrons. The van der Waals surface area contributed by atoms with Crippen molar-refractivity contribution in [2.24, 2.45) is 0 Å². The van der Waals surface area contributed by atoms with Crippen molar-refractivity contribution in [3.8, 4) is 5.75 Å². The second-order valence-corrected chi connectivity index (χ2v) is 8.34. The largest absolute Gasteiger partial charge is 0.492 e. The van der Waals surface area contributed by atoms with Crippen molar-refractivity contribution in [1.82, 2.24) is 14.8 Å². The van der Waals surface area contributed by atoms with Crippen molar-refractivity contribution in [2.75, 3.05) is 44.6 Å². The van der Waals surface area contributed by atoms with Gasteiger partial charge < -0.3 is 10.1 Å². The van der Waals surface area contributed by atoms with Gasteiger partial charge >= 0.3 is 0 Å². The fourth-order valence-corrected chi connectivity index (χ4v) is 4.07. The number of ether oxygens (including phenoxy) is 1. The maximum atomic E-state index is 11.6. The minimum atomic E-state index is 0.0489. The first kappa shape index (κ1) is 22.2. The third-order valence-corrected chi connectivity index (χ3v) is 5.90. The van der Waals surface area contributed by atoms with E-state index in [9.17, 15) is 4.79 Å². The number of aromatic nitrogens is 1. The van der Waals surface area contributed by atoms with Gasteiger partial charge in [0.1, 0.15) is 12.4 Å². The van der Waals surface area contributed by atoms with Crippen LogP contribution < -0.4 is 10.1 Å². The Labute approximate surface area is 190 Å². The van der Waals surface area contributed by atoms with Gasteiger partial charge in [-0.3, -0.25) is 19.6 Å². The van der Waals surface area contributed by atoms with E-state index < -0.39 is 0 Å². The Balaban J connectivity index is 1.23. The Morgan fingerprint density at radius 2 is 1.81 bits per heavy atom. The second-order valence-electron chi connectivity index (χ2n) is 8.34. The lowest BCUT2D eigenvalue weighted by atomic mass is 10.1. The van der Waals surface area contributed by atoms with E-state index in [0.717, 1.165) is 67.3 Å². The Morgan fingerprint density at radius 1 is 1.03 bits per heavy atom. The van der Waals surface area contributed by atoms with Gasteiger partial charge in [0.2, 0.25) is 5.91 Å². The van der Waals surface area contributed by atoms with Gasteiger partial charge in [0.05, 0.1) is 5.52 Å². The average molecular weight is 433 g/mol. The summed E-state index contributed by atoms with van der Waals surface area (Å²) in [6.45, 7) is 10.5. The molecule has 3 aromatic rings. The highest BCUT2D eigenvalue weighted by molar-refractivity contribution is 5.90. The fraction of sp³-hybridized carbons (Fsp3) is 0.385. The number of fused-ring (bicyclic) bond motifs is 1. The number of rotatable bonds is 8. The Morgan fingerprint density at radius 3 is 2.62 bits per heavy atom. The van der Waals surface area contributed by atoms with E-state index in [1.165, 1.54) is 5.56 Å². The number of hydrogen-bond donors (Lipinski definition) is 1. The zero-order valence-corrected chi connectivity index (χ0v) is 19.0. The minimum Gasteiger partial charge on any atom is -0.492 e. The number of nitrogens with zero attached hydrogens (tertiary/aromatic N) is 3. The first-order valence-electron chi connectivity index (χ1n) is 11.4. The van der Waals surface area contributed by atoms with Crippen LogP contribution in [0.25, 0.3) is 10.9 Å². The van der Waals surface area contributed by atoms with Gasteiger partial charge in [0.25, 0.3) is 0 Å². The van der Waals surface area contributed by atoms with Gasteiger partial charge in [0.15, 0.2) is 0 Å². The number of anilines is 1. The molecule has 1 amide bonds. The third-order valence-electron chi connectivity index (χ3n) is 5.90. The summed E-state index contributed by atoms with van der Waals surface area (Å²) < 4.78 is 6.11. The van der Waals surface area contributed by atoms with Gasteiger partial charge in [0, 0.05) is 62.5 Å². The van der Waals surface area contributed by atoms with Crippen molar-refractivity contribution in [3.05, 3.63) is 65.9 Å². The van der Waals surface area contributed by atoms with Crippen molar-refractivity contribution < 1.29 is 9.53 Å². The maximum Gasteiger partial charge on any atom is 0.224 e. The van der Waals surface area contributed by atoms with Gasteiger partial charge in [-0.25, -0.2) is 0 Å². The molecule has 1 N–H and O–H groups in total. The number of carbonyl (C=O) groups excluding carboxylic acids is 1. The summed E-state index contributed by atoms with van der Waals surface area (Å²) in [5, 5.41) is 4.01. The predicted molar refractivity (Wildman–Crippen MR) is 129 cm³/mol. The number of aryl methyl sites for hydroxylation is 1. The minimum absolute atomic E-state index is 0.0489. The summed E-state index contributed by atoms with van der Waals surface area (Å²) in [6, 6.07) is 18.3. The summed E-state index contributed by atoms with van der Waals surface area (Å²) in [7, 11) is 0. The second kappa shape index (κ2) is 10.6. The molecule has 1 aliphatic rings. The highest BCUT2D eigenvalue weighted by atomic mass is 16.5. The highest BCUT2D eigenvalue weighted by Gasteiger charge is 2.17. The topological polar surface area (TPSA) is 57.7 Å². The summed E-state index contributed by atoms with van der Waals surface area (Å²) in [5.74, 6) is 0.955. The molecule has 0 aliphatic carbocycles. The molecular formula is C26H32N4O2. The molecule has 1 fully saturated rings. The number of nitrogens with one attached hydrogen (secondary N) is 1. The maximum absolute atomic E-state index is 11.6. The highest BCUT2D eigenvalue weighted by Crippen LogP contribution is 2.24. The lowest BCUT2D eigenvalue weighted by molar-refractivity contribution is -0.115. The van der Waals surface area contributed by atoms with E-state index in [0.29, 0.717) is 13.0 Å². The molecular weight excluding hydrogens is 400 g/mol. The molecule has 2 aromatic carbocycles. The number of piperazine rings is 1. The quantitative estimate of drug-likeness (QED) is 0.581. The van der Waals surface area contributed by atoms with E-state index in [2.05, 4.69) is 38.3 Å². The molecule has 6 heteroatoms. The van der Waals surface area contributed by atoms with Crippen molar-refractivity contribution in [2.45, 2.75) is 26.8 Å². The van der Waals surface area contributed by atoms with E-state index in [-0.39, 0.29) is 5.91 Å². The van der Waals surface area contributed by atoms with Crippen LogP contribution in [0, 0.1) is 6.92 Å². The molecule has 6 nitrogen and oxygen atoms in total. The van der Waals surface area contributed by atoms with Crippen molar-refractivity contribution >= 4 is 22.5 Å². The molecule has 2 heterocycles.